The van der Waals surface area contributed by atoms with Gasteiger partial charge in [0.15, 0.2) is 0 Å². The monoisotopic (exact) mass is 560 g/mol. The van der Waals surface area contributed by atoms with E-state index in [-0.39, 0.29) is 11.5 Å². The van der Waals surface area contributed by atoms with Gasteiger partial charge >= 0.3 is 0 Å². The average Bonchev–Trinajstić information content (AvgIpc) is 3.23. The van der Waals surface area contributed by atoms with Gasteiger partial charge in [0.1, 0.15) is 24.7 Å². The molecule has 0 radical (unpaired) electrons. The van der Waals surface area contributed by atoms with Crippen molar-refractivity contribution in [2.75, 3.05) is 31.1 Å². The minimum atomic E-state index is -0.103. The minimum Gasteiger partial charge on any atom is -0.492 e. The summed E-state index contributed by atoms with van der Waals surface area (Å²) in [6.07, 6.45) is 4.00. The molecule has 0 amide bonds. The fourth-order valence-electron chi connectivity index (χ4n) is 6.67. The van der Waals surface area contributed by atoms with Crippen LogP contribution in [0.5, 0.6) is 11.5 Å². The molecule has 42 heavy (non-hydrogen) atoms. The molecule has 0 aliphatic carbocycles. The summed E-state index contributed by atoms with van der Waals surface area (Å²) >= 11 is 0. The number of ether oxygens (including phenoxy) is 2. The summed E-state index contributed by atoms with van der Waals surface area (Å²) in [5.74, 6) is 1.87. The lowest BCUT2D eigenvalue weighted by Gasteiger charge is -2.35. The molecule has 4 aromatic carbocycles. The summed E-state index contributed by atoms with van der Waals surface area (Å²) in [6, 6.07) is 35.0. The highest BCUT2D eigenvalue weighted by atomic mass is 16.5. The summed E-state index contributed by atoms with van der Waals surface area (Å²) in [5.41, 5.74) is 7.58. The molecule has 0 spiro atoms. The normalized spacial score (nSPS) is 18.1. The van der Waals surface area contributed by atoms with Gasteiger partial charge in [0.25, 0.3) is 0 Å². The Balaban J connectivity index is 1.21. The molecule has 0 aromatic heterocycles. The Labute approximate surface area is 251 Å². The van der Waals surface area contributed by atoms with Crippen LogP contribution in [0.3, 0.4) is 0 Å². The third-order valence-corrected chi connectivity index (χ3v) is 9.01. The van der Waals surface area contributed by atoms with Gasteiger partial charge in [0.2, 0.25) is 0 Å². The maximum absolute atomic E-state index is 6.27. The van der Waals surface area contributed by atoms with Crippen LogP contribution in [0.15, 0.2) is 97.1 Å². The minimum absolute atomic E-state index is 0.103. The van der Waals surface area contributed by atoms with E-state index >= 15 is 0 Å². The molecular weight excluding hydrogens is 516 g/mol. The second-order valence-corrected chi connectivity index (χ2v) is 12.5. The van der Waals surface area contributed by atoms with Crippen molar-refractivity contribution in [3.05, 3.63) is 125 Å². The Bertz CT molecular complexity index is 1440. The molecule has 0 N–H and O–H groups in total. The lowest BCUT2D eigenvalue weighted by atomic mass is 9.77. The number of benzene rings is 4. The predicted molar refractivity (Wildman–Crippen MR) is 173 cm³/mol. The summed E-state index contributed by atoms with van der Waals surface area (Å²) in [6.45, 7) is 12.5. The topological polar surface area (TPSA) is 24.9 Å². The Morgan fingerprint density at radius 1 is 0.738 bits per heavy atom. The highest BCUT2D eigenvalue weighted by Gasteiger charge is 2.45. The van der Waals surface area contributed by atoms with Crippen molar-refractivity contribution in [3.63, 3.8) is 0 Å². The van der Waals surface area contributed by atoms with Gasteiger partial charge in [0.05, 0.1) is 6.04 Å². The van der Waals surface area contributed by atoms with E-state index in [1.807, 2.05) is 6.07 Å². The molecule has 0 saturated carbocycles. The number of anilines is 1. The molecule has 218 valence electrons. The van der Waals surface area contributed by atoms with Gasteiger partial charge in [-0.05, 0) is 85.4 Å². The molecule has 4 nitrogen and oxygen atoms in total. The second kappa shape index (κ2) is 12.6. The highest BCUT2D eigenvalue weighted by molar-refractivity contribution is 5.67. The van der Waals surface area contributed by atoms with Crippen LogP contribution in [-0.4, -0.2) is 31.1 Å². The Hall–Kier alpha value is -3.76. The predicted octanol–water partition coefficient (Wildman–Crippen LogP) is 8.48. The molecule has 4 heteroatoms. The smallest absolute Gasteiger partial charge is 0.120 e. The number of nitrogens with zero attached hydrogens (tertiary/aromatic N) is 2. The standard InChI is InChI=1S/C38H44N2O2/c1-29-12-16-32(17-13-29)37-38(2,3)35-26-34(42-28-31-10-6-4-7-11-31)20-21-36(35)40(37)27-30-14-18-33(19-15-30)41-25-24-39-22-8-5-9-23-39/h4,6-7,10-21,26,37H,5,8-9,22-25,27-28H2,1-3H3. The van der Waals surface area contributed by atoms with Crippen LogP contribution in [-0.2, 0) is 18.6 Å². The number of hydrogen-bond donors (Lipinski definition) is 0. The first-order valence-corrected chi connectivity index (χ1v) is 15.6. The zero-order chi connectivity index (χ0) is 28.9. The SMILES string of the molecule is Cc1ccc(C2N(Cc3ccc(OCCN4CCCCC4)cc3)c3ccc(OCc4ccccc4)cc3C2(C)C)cc1. The summed E-state index contributed by atoms with van der Waals surface area (Å²) in [7, 11) is 0. The number of aryl methyl sites for hydroxylation is 1. The number of rotatable bonds is 10. The van der Waals surface area contributed by atoms with E-state index in [9.17, 15) is 0 Å². The zero-order valence-electron chi connectivity index (χ0n) is 25.4. The third-order valence-electron chi connectivity index (χ3n) is 9.01. The lowest BCUT2D eigenvalue weighted by Crippen LogP contribution is -2.33. The van der Waals surface area contributed by atoms with E-state index < -0.39 is 0 Å². The van der Waals surface area contributed by atoms with Crippen molar-refractivity contribution < 1.29 is 9.47 Å². The average molecular weight is 561 g/mol. The molecule has 4 aromatic rings. The fraction of sp³-hybridized carbons (Fsp3) is 0.368. The van der Waals surface area contributed by atoms with Gasteiger partial charge in [-0.3, -0.25) is 4.90 Å². The highest BCUT2D eigenvalue weighted by Crippen LogP contribution is 2.54. The molecule has 1 saturated heterocycles. The second-order valence-electron chi connectivity index (χ2n) is 12.5. The van der Waals surface area contributed by atoms with E-state index in [0.29, 0.717) is 6.61 Å². The van der Waals surface area contributed by atoms with Crippen molar-refractivity contribution in [1.29, 1.82) is 0 Å². The molecule has 6 rings (SSSR count). The van der Waals surface area contributed by atoms with Crippen molar-refractivity contribution in [2.45, 2.75) is 64.6 Å². The van der Waals surface area contributed by atoms with Gasteiger partial charge < -0.3 is 14.4 Å². The van der Waals surface area contributed by atoms with E-state index in [1.54, 1.807) is 0 Å². The Morgan fingerprint density at radius 2 is 1.45 bits per heavy atom. The van der Waals surface area contributed by atoms with Crippen LogP contribution in [0.25, 0.3) is 0 Å². The lowest BCUT2D eigenvalue weighted by molar-refractivity contribution is 0.183. The molecule has 2 aliphatic rings. The van der Waals surface area contributed by atoms with Crippen LogP contribution in [0.2, 0.25) is 0 Å². The molecule has 1 unspecified atom stereocenters. The Kier molecular flexibility index (Phi) is 8.53. The largest absolute Gasteiger partial charge is 0.492 e. The molecule has 2 aliphatic heterocycles. The zero-order valence-corrected chi connectivity index (χ0v) is 25.4. The van der Waals surface area contributed by atoms with Gasteiger partial charge in [0, 0.05) is 24.2 Å². The number of likely N-dealkylation sites (tertiary alicyclic amines) is 1. The van der Waals surface area contributed by atoms with Gasteiger partial charge in [-0.1, -0.05) is 92.6 Å². The maximum Gasteiger partial charge on any atom is 0.120 e. The van der Waals surface area contributed by atoms with Crippen molar-refractivity contribution in [3.8, 4) is 11.5 Å². The van der Waals surface area contributed by atoms with Crippen LogP contribution in [0, 0.1) is 6.92 Å². The first-order chi connectivity index (χ1) is 20.5. The summed E-state index contributed by atoms with van der Waals surface area (Å²) in [4.78, 5) is 5.10. The van der Waals surface area contributed by atoms with Gasteiger partial charge in [-0.2, -0.15) is 0 Å². The Morgan fingerprint density at radius 3 is 2.19 bits per heavy atom. The van der Waals surface area contributed by atoms with E-state index in [1.165, 1.54) is 65.9 Å². The van der Waals surface area contributed by atoms with Gasteiger partial charge in [-0.15, -0.1) is 0 Å². The van der Waals surface area contributed by atoms with Crippen molar-refractivity contribution in [1.82, 2.24) is 4.90 Å². The van der Waals surface area contributed by atoms with Crippen LogP contribution < -0.4 is 14.4 Å². The van der Waals surface area contributed by atoms with E-state index in [0.717, 1.165) is 31.2 Å². The summed E-state index contributed by atoms with van der Waals surface area (Å²) < 4.78 is 12.4. The molecule has 0 bridgehead atoms. The maximum atomic E-state index is 6.27. The number of hydrogen-bond acceptors (Lipinski definition) is 4. The first kappa shape index (κ1) is 28.4. The molecule has 1 fully saturated rings. The quantitative estimate of drug-likeness (QED) is 0.194. The number of piperidine rings is 1. The number of fused-ring (bicyclic) bond motifs is 1. The summed E-state index contributed by atoms with van der Waals surface area (Å²) in [5, 5.41) is 0. The molecule has 2 heterocycles. The van der Waals surface area contributed by atoms with E-state index in [4.69, 9.17) is 9.47 Å². The fourth-order valence-corrected chi connectivity index (χ4v) is 6.67. The molecule has 1 atom stereocenters. The van der Waals surface area contributed by atoms with Crippen LogP contribution in [0.4, 0.5) is 5.69 Å². The van der Waals surface area contributed by atoms with Crippen LogP contribution >= 0.6 is 0 Å². The molecular formula is C38H44N2O2. The van der Waals surface area contributed by atoms with Crippen LogP contribution in [0.1, 0.15) is 67.0 Å². The van der Waals surface area contributed by atoms with Gasteiger partial charge in [-0.25, -0.2) is 0 Å². The first-order valence-electron chi connectivity index (χ1n) is 15.6. The van der Waals surface area contributed by atoms with Crippen molar-refractivity contribution >= 4 is 5.69 Å². The van der Waals surface area contributed by atoms with Crippen molar-refractivity contribution in [2.24, 2.45) is 0 Å². The third kappa shape index (κ3) is 6.34. The van der Waals surface area contributed by atoms with E-state index in [2.05, 4.69) is 122 Å².